The van der Waals surface area contributed by atoms with Gasteiger partial charge in [-0.2, -0.15) is 15.5 Å². The first-order chi connectivity index (χ1) is 9.29. The van der Waals surface area contributed by atoms with Crippen LogP contribution in [0.4, 0.5) is 0 Å². The van der Waals surface area contributed by atoms with E-state index in [1.807, 2.05) is 35.9 Å². The van der Waals surface area contributed by atoms with Crippen molar-refractivity contribution in [1.82, 2.24) is 19.7 Å². The molecule has 3 rings (SSSR count). The fourth-order valence-electron chi connectivity index (χ4n) is 2.11. The molecule has 0 aliphatic carbocycles. The van der Waals surface area contributed by atoms with Gasteiger partial charge in [0.2, 0.25) is 0 Å². The number of hydrogen-bond donors (Lipinski definition) is 0. The molecule has 5 nitrogen and oxygen atoms in total. The Morgan fingerprint density at radius 1 is 1.32 bits per heavy atom. The summed E-state index contributed by atoms with van der Waals surface area (Å²) in [7, 11) is 1.94. The van der Waals surface area contributed by atoms with E-state index in [-0.39, 0.29) is 0 Å². The second kappa shape index (κ2) is 4.50. The van der Waals surface area contributed by atoms with Gasteiger partial charge in [0.05, 0.1) is 29.1 Å². The molecule has 19 heavy (non-hydrogen) atoms. The number of hydrogen-bond acceptors (Lipinski definition) is 4. The Bertz CT molecular complexity index is 754. The highest BCUT2D eigenvalue weighted by atomic mass is 15.1. The van der Waals surface area contributed by atoms with Crippen LogP contribution in [-0.4, -0.2) is 19.7 Å². The van der Waals surface area contributed by atoms with E-state index in [0.717, 1.165) is 16.6 Å². The Hall–Kier alpha value is -2.74. The minimum absolute atomic E-state index is 0.417. The summed E-state index contributed by atoms with van der Waals surface area (Å²) < 4.78 is 1.95. The van der Waals surface area contributed by atoms with Crippen LogP contribution in [0.3, 0.4) is 0 Å². The summed E-state index contributed by atoms with van der Waals surface area (Å²) in [4.78, 5) is 4.31. The average Bonchev–Trinajstić information content (AvgIpc) is 2.82. The van der Waals surface area contributed by atoms with Gasteiger partial charge in [0.25, 0.3) is 0 Å². The van der Waals surface area contributed by atoms with Crippen LogP contribution in [-0.2, 0) is 7.05 Å². The van der Waals surface area contributed by atoms with Gasteiger partial charge in [-0.3, -0.25) is 0 Å². The van der Waals surface area contributed by atoms with Gasteiger partial charge in [-0.25, -0.2) is 4.98 Å². The van der Waals surface area contributed by atoms with Crippen molar-refractivity contribution in [3.8, 4) is 6.07 Å². The zero-order valence-electron chi connectivity index (χ0n) is 10.4. The Kier molecular flexibility index (Phi) is 2.69. The van der Waals surface area contributed by atoms with Crippen molar-refractivity contribution in [3.63, 3.8) is 0 Å². The Balaban J connectivity index is 2.10. The molecule has 0 aliphatic heterocycles. The smallest absolute Gasteiger partial charge is 0.115 e. The number of rotatable bonds is 2. The van der Waals surface area contributed by atoms with E-state index >= 15 is 0 Å². The normalized spacial score (nSPS) is 12.2. The molecule has 0 saturated carbocycles. The third kappa shape index (κ3) is 1.93. The van der Waals surface area contributed by atoms with E-state index in [2.05, 4.69) is 21.3 Å². The van der Waals surface area contributed by atoms with Gasteiger partial charge in [-0.1, -0.05) is 6.07 Å². The fraction of sp³-hybridized carbons (Fsp3) is 0.143. The predicted molar refractivity (Wildman–Crippen MR) is 70.2 cm³/mol. The molecule has 0 radical (unpaired) electrons. The molecule has 1 unspecified atom stereocenters. The zero-order valence-corrected chi connectivity index (χ0v) is 10.4. The maximum atomic E-state index is 9.37. The van der Waals surface area contributed by atoms with Crippen LogP contribution in [0, 0.1) is 11.3 Å². The van der Waals surface area contributed by atoms with E-state index in [1.54, 1.807) is 18.6 Å². The summed E-state index contributed by atoms with van der Waals surface area (Å²) in [6, 6.07) is 11.7. The van der Waals surface area contributed by atoms with Crippen molar-refractivity contribution in [3.05, 3.63) is 54.1 Å². The van der Waals surface area contributed by atoms with Crippen molar-refractivity contribution in [2.75, 3.05) is 0 Å². The lowest BCUT2D eigenvalue weighted by Gasteiger charge is -2.08. The van der Waals surface area contributed by atoms with Gasteiger partial charge in [-0.05, 0) is 29.8 Å². The third-order valence-electron chi connectivity index (χ3n) is 3.10. The number of nitriles is 1. The Labute approximate surface area is 110 Å². The molecule has 1 aromatic carbocycles. The molecule has 0 fully saturated rings. The monoisotopic (exact) mass is 249 g/mol. The van der Waals surface area contributed by atoms with Gasteiger partial charge < -0.3 is 4.57 Å². The molecule has 3 aromatic rings. The minimum atomic E-state index is -0.417. The molecule has 0 amide bonds. The quantitative estimate of drug-likeness (QED) is 0.696. The van der Waals surface area contributed by atoms with Crippen LogP contribution in [0.5, 0.6) is 0 Å². The SMILES string of the molecule is Cn1cnc2cc(C(C#N)c3cccnn3)ccc21. The highest BCUT2D eigenvalue weighted by Crippen LogP contribution is 2.24. The Morgan fingerprint density at radius 2 is 2.21 bits per heavy atom. The molecule has 5 heteroatoms. The molecule has 2 heterocycles. The first-order valence-electron chi connectivity index (χ1n) is 5.88. The fourth-order valence-corrected chi connectivity index (χ4v) is 2.11. The number of aryl methyl sites for hydroxylation is 1. The lowest BCUT2D eigenvalue weighted by Crippen LogP contribution is -2.02. The van der Waals surface area contributed by atoms with Gasteiger partial charge in [0.1, 0.15) is 5.92 Å². The van der Waals surface area contributed by atoms with Crippen LogP contribution >= 0.6 is 0 Å². The highest BCUT2D eigenvalue weighted by Gasteiger charge is 2.16. The largest absolute Gasteiger partial charge is 0.334 e. The Morgan fingerprint density at radius 3 is 2.95 bits per heavy atom. The van der Waals surface area contributed by atoms with Crippen LogP contribution in [0.1, 0.15) is 17.2 Å². The third-order valence-corrected chi connectivity index (χ3v) is 3.10. The molecule has 1 atom stereocenters. The molecule has 0 N–H and O–H groups in total. The van der Waals surface area contributed by atoms with E-state index in [1.165, 1.54) is 0 Å². The molecule has 0 bridgehead atoms. The number of imidazole rings is 1. The van der Waals surface area contributed by atoms with E-state index in [9.17, 15) is 5.26 Å². The minimum Gasteiger partial charge on any atom is -0.334 e. The summed E-state index contributed by atoms with van der Waals surface area (Å²) in [6.45, 7) is 0. The first kappa shape index (κ1) is 11.4. The van der Waals surface area contributed by atoms with Crippen LogP contribution < -0.4 is 0 Å². The van der Waals surface area contributed by atoms with Crippen LogP contribution in [0.25, 0.3) is 11.0 Å². The topological polar surface area (TPSA) is 67.4 Å². The summed E-state index contributed by atoms with van der Waals surface area (Å²) in [5.41, 5.74) is 3.46. The summed E-state index contributed by atoms with van der Waals surface area (Å²) >= 11 is 0. The summed E-state index contributed by atoms with van der Waals surface area (Å²) in [6.07, 6.45) is 3.36. The predicted octanol–water partition coefficient (Wildman–Crippen LogP) is 2.02. The molecule has 2 aromatic heterocycles. The maximum absolute atomic E-state index is 9.37. The lowest BCUT2D eigenvalue weighted by atomic mass is 9.96. The first-order valence-corrected chi connectivity index (χ1v) is 5.88. The lowest BCUT2D eigenvalue weighted by molar-refractivity contribution is 0.885. The number of fused-ring (bicyclic) bond motifs is 1. The molecule has 0 saturated heterocycles. The van der Waals surface area contributed by atoms with Gasteiger partial charge >= 0.3 is 0 Å². The number of aromatic nitrogens is 4. The highest BCUT2D eigenvalue weighted by molar-refractivity contribution is 5.76. The molecule has 0 aliphatic rings. The van der Waals surface area contributed by atoms with Crippen molar-refractivity contribution in [2.45, 2.75) is 5.92 Å². The van der Waals surface area contributed by atoms with Crippen LogP contribution in [0.2, 0.25) is 0 Å². The van der Waals surface area contributed by atoms with E-state index in [4.69, 9.17) is 0 Å². The van der Waals surface area contributed by atoms with Gasteiger partial charge in [-0.15, -0.1) is 0 Å². The van der Waals surface area contributed by atoms with Crippen LogP contribution in [0.15, 0.2) is 42.9 Å². The molecular weight excluding hydrogens is 238 g/mol. The summed E-state index contributed by atoms with van der Waals surface area (Å²) in [5, 5.41) is 17.2. The standard InChI is InChI=1S/C14H11N5/c1-19-9-16-13-7-10(4-5-14(13)19)11(8-15)12-3-2-6-17-18-12/h2-7,9,11H,1H3. The maximum Gasteiger partial charge on any atom is 0.115 e. The second-order valence-electron chi connectivity index (χ2n) is 4.31. The van der Waals surface area contributed by atoms with Gasteiger partial charge in [0, 0.05) is 13.2 Å². The molecule has 92 valence electrons. The van der Waals surface area contributed by atoms with E-state index in [0.29, 0.717) is 5.69 Å². The van der Waals surface area contributed by atoms with Crippen molar-refractivity contribution < 1.29 is 0 Å². The number of nitrogens with zero attached hydrogens (tertiary/aromatic N) is 5. The number of benzene rings is 1. The molecule has 0 spiro atoms. The van der Waals surface area contributed by atoms with Crippen molar-refractivity contribution in [2.24, 2.45) is 7.05 Å². The zero-order chi connectivity index (χ0) is 13.2. The second-order valence-corrected chi connectivity index (χ2v) is 4.31. The van der Waals surface area contributed by atoms with Crippen molar-refractivity contribution >= 4 is 11.0 Å². The van der Waals surface area contributed by atoms with E-state index < -0.39 is 5.92 Å². The average molecular weight is 249 g/mol. The van der Waals surface area contributed by atoms with Crippen molar-refractivity contribution in [1.29, 1.82) is 5.26 Å². The molecular formula is C14H11N5. The van der Waals surface area contributed by atoms with Gasteiger partial charge in [0.15, 0.2) is 0 Å². The summed E-state index contributed by atoms with van der Waals surface area (Å²) in [5.74, 6) is -0.417.